The molecule has 1 aromatic rings. The van der Waals surface area contributed by atoms with Gasteiger partial charge in [-0.15, -0.1) is 0 Å². The van der Waals surface area contributed by atoms with Crippen LogP contribution in [0.2, 0.25) is 0 Å². The minimum absolute atomic E-state index is 0.370. The molecule has 1 unspecified atom stereocenters. The van der Waals surface area contributed by atoms with E-state index < -0.39 is 0 Å². The van der Waals surface area contributed by atoms with Gasteiger partial charge >= 0.3 is 0 Å². The van der Waals surface area contributed by atoms with Crippen LogP contribution in [0.1, 0.15) is 37.8 Å². The molecule has 1 fully saturated rings. The topological polar surface area (TPSA) is 34.1 Å². The fourth-order valence-corrected chi connectivity index (χ4v) is 2.08. The van der Waals surface area contributed by atoms with Crippen LogP contribution in [-0.2, 0) is 4.74 Å². The third kappa shape index (κ3) is 3.29. The molecular weight excluding hydrogens is 200 g/mol. The second-order valence-corrected chi connectivity index (χ2v) is 4.39. The minimum Gasteiger partial charge on any atom is -0.378 e. The molecule has 1 aliphatic rings. The lowest BCUT2D eigenvalue weighted by Gasteiger charge is -2.15. The van der Waals surface area contributed by atoms with Crippen molar-refractivity contribution in [1.29, 1.82) is 0 Å². The minimum atomic E-state index is 0.370. The lowest BCUT2D eigenvalue weighted by atomic mass is 10.1. The van der Waals surface area contributed by atoms with Crippen LogP contribution in [0.25, 0.3) is 0 Å². The van der Waals surface area contributed by atoms with E-state index >= 15 is 0 Å². The van der Waals surface area contributed by atoms with Crippen LogP contribution in [0.3, 0.4) is 0 Å². The molecule has 3 heteroatoms. The summed E-state index contributed by atoms with van der Waals surface area (Å²) in [5.41, 5.74) is 1.25. The van der Waals surface area contributed by atoms with E-state index in [1.807, 2.05) is 18.5 Å². The van der Waals surface area contributed by atoms with E-state index in [4.69, 9.17) is 4.74 Å². The average Bonchev–Trinajstić information content (AvgIpc) is 2.83. The first-order valence-electron chi connectivity index (χ1n) is 6.11. The molecule has 2 atom stereocenters. The molecule has 16 heavy (non-hydrogen) atoms. The molecule has 1 N–H and O–H groups in total. The first kappa shape index (κ1) is 11.6. The zero-order valence-electron chi connectivity index (χ0n) is 9.86. The summed E-state index contributed by atoms with van der Waals surface area (Å²) in [4.78, 5) is 4.13. The van der Waals surface area contributed by atoms with Gasteiger partial charge in [0, 0.05) is 25.0 Å². The molecule has 0 aliphatic carbocycles. The van der Waals surface area contributed by atoms with Gasteiger partial charge in [0.25, 0.3) is 0 Å². The standard InChI is InChI=1S/C13H20N2O/c1-11(12-4-2-7-14-10-12)15-8-6-13-5-3-9-16-13/h2,4,7,10-11,13,15H,3,5-6,8-9H2,1H3/t11-,13?/m1/s1. The van der Waals surface area contributed by atoms with Gasteiger partial charge in [0.15, 0.2) is 0 Å². The molecule has 2 rings (SSSR count). The van der Waals surface area contributed by atoms with Crippen LogP contribution < -0.4 is 5.32 Å². The highest BCUT2D eigenvalue weighted by atomic mass is 16.5. The van der Waals surface area contributed by atoms with Crippen molar-refractivity contribution >= 4 is 0 Å². The van der Waals surface area contributed by atoms with Gasteiger partial charge < -0.3 is 10.1 Å². The van der Waals surface area contributed by atoms with Crippen molar-refractivity contribution in [3.63, 3.8) is 0 Å². The normalized spacial score (nSPS) is 22.2. The molecule has 0 saturated carbocycles. The number of nitrogens with one attached hydrogen (secondary N) is 1. The van der Waals surface area contributed by atoms with E-state index in [9.17, 15) is 0 Å². The average molecular weight is 220 g/mol. The molecule has 1 aromatic heterocycles. The van der Waals surface area contributed by atoms with Gasteiger partial charge in [-0.05, 0) is 44.4 Å². The van der Waals surface area contributed by atoms with E-state index in [1.165, 1.54) is 18.4 Å². The van der Waals surface area contributed by atoms with E-state index in [2.05, 4.69) is 23.3 Å². The Hall–Kier alpha value is -0.930. The van der Waals surface area contributed by atoms with Gasteiger partial charge in [-0.3, -0.25) is 4.98 Å². The van der Waals surface area contributed by atoms with Gasteiger partial charge in [-0.2, -0.15) is 0 Å². The van der Waals surface area contributed by atoms with Gasteiger partial charge in [-0.25, -0.2) is 0 Å². The molecule has 2 heterocycles. The van der Waals surface area contributed by atoms with Crippen molar-refractivity contribution < 1.29 is 4.74 Å². The number of ether oxygens (including phenoxy) is 1. The zero-order chi connectivity index (χ0) is 11.2. The fraction of sp³-hybridized carbons (Fsp3) is 0.615. The molecule has 3 nitrogen and oxygen atoms in total. The number of hydrogen-bond donors (Lipinski definition) is 1. The summed E-state index contributed by atoms with van der Waals surface area (Å²) in [6.45, 7) is 4.13. The molecule has 0 spiro atoms. The maximum Gasteiger partial charge on any atom is 0.0588 e. The Morgan fingerprint density at radius 1 is 1.62 bits per heavy atom. The molecule has 0 bridgehead atoms. The fourth-order valence-electron chi connectivity index (χ4n) is 2.08. The summed E-state index contributed by atoms with van der Waals surface area (Å²) in [5, 5.41) is 3.51. The Balaban J connectivity index is 1.69. The highest BCUT2D eigenvalue weighted by molar-refractivity contribution is 5.12. The zero-order valence-corrected chi connectivity index (χ0v) is 9.86. The Morgan fingerprint density at radius 3 is 3.25 bits per heavy atom. The summed E-state index contributed by atoms with van der Waals surface area (Å²) >= 11 is 0. The van der Waals surface area contributed by atoms with Gasteiger partial charge in [0.05, 0.1) is 6.10 Å². The predicted molar refractivity (Wildman–Crippen MR) is 64.2 cm³/mol. The molecule has 0 amide bonds. The summed E-state index contributed by atoms with van der Waals surface area (Å²) in [6, 6.07) is 4.46. The largest absolute Gasteiger partial charge is 0.378 e. The van der Waals surface area contributed by atoms with Crippen molar-refractivity contribution in [2.24, 2.45) is 0 Å². The summed E-state index contributed by atoms with van der Waals surface area (Å²) in [7, 11) is 0. The van der Waals surface area contributed by atoms with Gasteiger partial charge in [0.1, 0.15) is 0 Å². The van der Waals surface area contributed by atoms with Gasteiger partial charge in [-0.1, -0.05) is 6.07 Å². The first-order valence-corrected chi connectivity index (χ1v) is 6.11. The maximum absolute atomic E-state index is 5.59. The highest BCUT2D eigenvalue weighted by Crippen LogP contribution is 2.15. The van der Waals surface area contributed by atoms with E-state index in [1.54, 1.807) is 0 Å². The van der Waals surface area contributed by atoms with Crippen molar-refractivity contribution in [3.05, 3.63) is 30.1 Å². The van der Waals surface area contributed by atoms with Crippen molar-refractivity contribution in [1.82, 2.24) is 10.3 Å². The molecule has 1 aliphatic heterocycles. The number of hydrogen-bond acceptors (Lipinski definition) is 3. The molecule has 0 radical (unpaired) electrons. The Labute approximate surface area is 97.2 Å². The van der Waals surface area contributed by atoms with Crippen LogP contribution >= 0.6 is 0 Å². The molecule has 88 valence electrons. The molecule has 1 saturated heterocycles. The molecule has 0 aromatic carbocycles. The smallest absolute Gasteiger partial charge is 0.0588 e. The highest BCUT2D eigenvalue weighted by Gasteiger charge is 2.15. The Morgan fingerprint density at radius 2 is 2.56 bits per heavy atom. The predicted octanol–water partition coefficient (Wildman–Crippen LogP) is 2.30. The number of pyridine rings is 1. The van der Waals surface area contributed by atoms with Crippen LogP contribution in [0.4, 0.5) is 0 Å². The van der Waals surface area contributed by atoms with Crippen molar-refractivity contribution in [3.8, 4) is 0 Å². The van der Waals surface area contributed by atoms with Crippen molar-refractivity contribution in [2.75, 3.05) is 13.2 Å². The van der Waals surface area contributed by atoms with Crippen LogP contribution in [-0.4, -0.2) is 24.2 Å². The third-order valence-electron chi connectivity index (χ3n) is 3.13. The SMILES string of the molecule is C[C@@H](NCCC1CCCO1)c1cccnc1. The van der Waals surface area contributed by atoms with Crippen LogP contribution in [0.5, 0.6) is 0 Å². The van der Waals surface area contributed by atoms with E-state index in [-0.39, 0.29) is 0 Å². The summed E-state index contributed by atoms with van der Waals surface area (Å²) in [6.07, 6.45) is 7.77. The summed E-state index contributed by atoms with van der Waals surface area (Å²) in [5.74, 6) is 0. The van der Waals surface area contributed by atoms with Crippen molar-refractivity contribution in [2.45, 2.75) is 38.3 Å². The van der Waals surface area contributed by atoms with Crippen LogP contribution in [0, 0.1) is 0 Å². The Bertz CT molecular complexity index is 296. The third-order valence-corrected chi connectivity index (χ3v) is 3.13. The number of aromatic nitrogens is 1. The lowest BCUT2D eigenvalue weighted by Crippen LogP contribution is -2.23. The van der Waals surface area contributed by atoms with Crippen LogP contribution in [0.15, 0.2) is 24.5 Å². The van der Waals surface area contributed by atoms with E-state index in [0.29, 0.717) is 12.1 Å². The maximum atomic E-state index is 5.59. The monoisotopic (exact) mass is 220 g/mol. The number of rotatable bonds is 5. The summed E-state index contributed by atoms with van der Waals surface area (Å²) < 4.78 is 5.59. The lowest BCUT2D eigenvalue weighted by molar-refractivity contribution is 0.103. The van der Waals surface area contributed by atoms with E-state index in [0.717, 1.165) is 19.6 Å². The van der Waals surface area contributed by atoms with Gasteiger partial charge in [0.2, 0.25) is 0 Å². The molecular formula is C13H20N2O. The quantitative estimate of drug-likeness (QED) is 0.826. The second kappa shape index (κ2) is 5.97. The Kier molecular flexibility index (Phi) is 4.31. The number of nitrogens with zero attached hydrogens (tertiary/aromatic N) is 1. The first-order chi connectivity index (χ1) is 7.86. The second-order valence-electron chi connectivity index (χ2n) is 4.39.